The number of carboxylic acids is 1. The highest BCUT2D eigenvalue weighted by Crippen LogP contribution is 2.23. The summed E-state index contributed by atoms with van der Waals surface area (Å²) in [6.07, 6.45) is 5.04. The van der Waals surface area contributed by atoms with Crippen LogP contribution in [0.5, 0.6) is 0 Å². The smallest absolute Gasteiger partial charge is 0.306 e. The van der Waals surface area contributed by atoms with Gasteiger partial charge in [-0.15, -0.1) is 0 Å². The topological polar surface area (TPSA) is 40.5 Å². The quantitative estimate of drug-likeness (QED) is 0.713. The number of carbonyl (C=O) groups is 1. The number of hydrogen-bond acceptors (Lipinski definition) is 2. The van der Waals surface area contributed by atoms with Gasteiger partial charge in [0.15, 0.2) is 0 Å². The van der Waals surface area contributed by atoms with Crippen molar-refractivity contribution in [1.29, 1.82) is 0 Å². The summed E-state index contributed by atoms with van der Waals surface area (Å²) in [7, 11) is 0. The van der Waals surface area contributed by atoms with Crippen molar-refractivity contribution < 1.29 is 9.90 Å². The van der Waals surface area contributed by atoms with Crippen LogP contribution in [0.2, 0.25) is 0 Å². The lowest BCUT2D eigenvalue weighted by molar-refractivity contribution is -0.141. The lowest BCUT2D eigenvalue weighted by Gasteiger charge is -2.20. The Morgan fingerprint density at radius 3 is 2.15 bits per heavy atom. The van der Waals surface area contributed by atoms with Crippen LogP contribution >= 0.6 is 0 Å². The van der Waals surface area contributed by atoms with Gasteiger partial charge in [-0.1, -0.05) is 55.5 Å². The summed E-state index contributed by atoms with van der Waals surface area (Å²) in [4.78, 5) is 13.8. The second kappa shape index (κ2) is 9.18. The molecule has 0 saturated carbocycles. The molecule has 1 saturated heterocycles. The van der Waals surface area contributed by atoms with Crippen molar-refractivity contribution >= 4 is 5.97 Å². The van der Waals surface area contributed by atoms with E-state index >= 15 is 0 Å². The van der Waals surface area contributed by atoms with E-state index < -0.39 is 5.97 Å². The molecule has 144 valence electrons. The van der Waals surface area contributed by atoms with Gasteiger partial charge in [-0.3, -0.25) is 4.79 Å². The Morgan fingerprint density at radius 1 is 1.07 bits per heavy atom. The molecule has 2 aromatic carbocycles. The molecule has 2 unspecified atom stereocenters. The molecule has 1 aliphatic rings. The van der Waals surface area contributed by atoms with Gasteiger partial charge < -0.3 is 10.0 Å². The van der Waals surface area contributed by atoms with Crippen LogP contribution < -0.4 is 0 Å². The average molecular weight is 366 g/mol. The fourth-order valence-corrected chi connectivity index (χ4v) is 3.99. The van der Waals surface area contributed by atoms with E-state index in [0.29, 0.717) is 12.8 Å². The third-order valence-electron chi connectivity index (χ3n) is 5.94. The molecule has 0 bridgehead atoms. The number of carboxylic acid groups (broad SMARTS) is 1. The number of nitrogens with zero attached hydrogens (tertiary/aromatic N) is 1. The van der Waals surface area contributed by atoms with Gasteiger partial charge in [0.05, 0.1) is 5.92 Å². The van der Waals surface area contributed by atoms with E-state index in [9.17, 15) is 9.90 Å². The molecule has 3 nitrogen and oxygen atoms in total. The van der Waals surface area contributed by atoms with Crippen LogP contribution in [0.15, 0.2) is 48.5 Å². The molecular formula is C24H31NO2. The summed E-state index contributed by atoms with van der Waals surface area (Å²) in [5.41, 5.74) is 4.87. The Kier molecular flexibility index (Phi) is 6.68. The summed E-state index contributed by atoms with van der Waals surface area (Å²) in [6.45, 7) is 6.65. The normalized spacial score (nSPS) is 18.5. The van der Waals surface area contributed by atoms with Crippen LogP contribution in [0, 0.1) is 5.92 Å². The zero-order chi connectivity index (χ0) is 19.2. The monoisotopic (exact) mass is 365 g/mol. The molecular weight excluding hydrogens is 334 g/mol. The molecule has 1 N–H and O–H groups in total. The summed E-state index contributed by atoms with van der Waals surface area (Å²) >= 11 is 0. The van der Waals surface area contributed by atoms with E-state index in [4.69, 9.17) is 0 Å². The number of aliphatic carboxylic acids is 1. The average Bonchev–Trinajstić information content (AvgIpc) is 3.10. The second-order valence-electron chi connectivity index (χ2n) is 7.82. The SMILES string of the molecule is CCC(Cc1ccc(-c2ccc(CCN3CCCC3C)cc2)cc1)C(=O)O. The van der Waals surface area contributed by atoms with Gasteiger partial charge in [0.2, 0.25) is 0 Å². The van der Waals surface area contributed by atoms with Crippen molar-refractivity contribution in [3.05, 3.63) is 59.7 Å². The van der Waals surface area contributed by atoms with Crippen LogP contribution in [-0.2, 0) is 17.6 Å². The molecule has 3 rings (SSSR count). The maximum Gasteiger partial charge on any atom is 0.306 e. The second-order valence-corrected chi connectivity index (χ2v) is 7.82. The summed E-state index contributed by atoms with van der Waals surface area (Å²) in [5, 5.41) is 9.22. The molecule has 0 spiro atoms. The molecule has 0 aromatic heterocycles. The predicted molar refractivity (Wildman–Crippen MR) is 111 cm³/mol. The Morgan fingerprint density at radius 2 is 1.67 bits per heavy atom. The van der Waals surface area contributed by atoms with Crippen LogP contribution in [0.4, 0.5) is 0 Å². The lowest BCUT2D eigenvalue weighted by atomic mass is 9.95. The van der Waals surface area contributed by atoms with Gasteiger partial charge in [0.25, 0.3) is 0 Å². The fraction of sp³-hybridized carbons (Fsp3) is 0.458. The summed E-state index contributed by atoms with van der Waals surface area (Å²) in [5.74, 6) is -1.01. The van der Waals surface area contributed by atoms with E-state index in [1.807, 2.05) is 6.92 Å². The van der Waals surface area contributed by atoms with E-state index in [0.717, 1.165) is 24.6 Å². The Hall–Kier alpha value is -2.13. The van der Waals surface area contributed by atoms with Crippen molar-refractivity contribution in [3.8, 4) is 11.1 Å². The van der Waals surface area contributed by atoms with Gasteiger partial charge in [-0.2, -0.15) is 0 Å². The third kappa shape index (κ3) is 5.20. The molecule has 0 radical (unpaired) electrons. The molecule has 27 heavy (non-hydrogen) atoms. The number of hydrogen-bond donors (Lipinski definition) is 1. The van der Waals surface area contributed by atoms with E-state index in [1.54, 1.807) is 0 Å². The van der Waals surface area contributed by atoms with E-state index in [1.165, 1.54) is 36.1 Å². The first kappa shape index (κ1) is 19.6. The van der Waals surface area contributed by atoms with Gasteiger partial charge in [0, 0.05) is 12.6 Å². The van der Waals surface area contributed by atoms with Crippen LogP contribution in [0.3, 0.4) is 0 Å². The highest BCUT2D eigenvalue weighted by molar-refractivity contribution is 5.70. The minimum absolute atomic E-state index is 0.298. The highest BCUT2D eigenvalue weighted by Gasteiger charge is 2.19. The van der Waals surface area contributed by atoms with E-state index in [-0.39, 0.29) is 5.92 Å². The van der Waals surface area contributed by atoms with Gasteiger partial charge >= 0.3 is 5.97 Å². The highest BCUT2D eigenvalue weighted by atomic mass is 16.4. The lowest BCUT2D eigenvalue weighted by Crippen LogP contribution is -2.28. The van der Waals surface area contributed by atoms with Crippen molar-refractivity contribution in [2.45, 2.75) is 52.0 Å². The predicted octanol–water partition coefficient (Wildman–Crippen LogP) is 5.03. The minimum Gasteiger partial charge on any atom is -0.481 e. The first-order valence-corrected chi connectivity index (χ1v) is 10.2. The largest absolute Gasteiger partial charge is 0.481 e. The van der Waals surface area contributed by atoms with Gasteiger partial charge in [-0.25, -0.2) is 0 Å². The fourth-order valence-electron chi connectivity index (χ4n) is 3.99. The molecule has 2 aromatic rings. The van der Waals surface area contributed by atoms with E-state index in [2.05, 4.69) is 60.4 Å². The first-order valence-electron chi connectivity index (χ1n) is 10.2. The van der Waals surface area contributed by atoms with Crippen LogP contribution in [0.25, 0.3) is 11.1 Å². The molecule has 1 aliphatic heterocycles. The first-order chi connectivity index (χ1) is 13.1. The molecule has 2 atom stereocenters. The summed E-state index contributed by atoms with van der Waals surface area (Å²) in [6, 6.07) is 17.9. The van der Waals surface area contributed by atoms with Crippen LogP contribution in [0.1, 0.15) is 44.2 Å². The maximum atomic E-state index is 11.2. The van der Waals surface area contributed by atoms with Crippen molar-refractivity contribution in [1.82, 2.24) is 4.90 Å². The van der Waals surface area contributed by atoms with Crippen molar-refractivity contribution in [3.63, 3.8) is 0 Å². The molecule has 3 heteroatoms. The minimum atomic E-state index is -0.708. The number of likely N-dealkylation sites (tertiary alicyclic amines) is 1. The molecule has 1 fully saturated rings. The zero-order valence-electron chi connectivity index (χ0n) is 16.5. The van der Waals surface area contributed by atoms with Gasteiger partial charge in [0.1, 0.15) is 0 Å². The maximum absolute atomic E-state index is 11.2. The van der Waals surface area contributed by atoms with Gasteiger partial charge in [-0.05, 0) is 67.8 Å². The Balaban J connectivity index is 1.58. The molecule has 1 heterocycles. The zero-order valence-corrected chi connectivity index (χ0v) is 16.5. The van der Waals surface area contributed by atoms with Crippen LogP contribution in [-0.4, -0.2) is 35.1 Å². The number of benzene rings is 2. The third-order valence-corrected chi connectivity index (χ3v) is 5.94. The Labute approximate surface area is 163 Å². The van der Waals surface area contributed by atoms with Crippen molar-refractivity contribution in [2.24, 2.45) is 5.92 Å². The standard InChI is InChI=1S/C24H31NO2/c1-3-21(24(26)27)17-20-8-12-23(13-9-20)22-10-6-19(7-11-22)14-16-25-15-4-5-18(25)2/h6-13,18,21H,3-5,14-17H2,1-2H3,(H,26,27). The number of rotatable bonds is 8. The molecule has 0 aliphatic carbocycles. The summed E-state index contributed by atoms with van der Waals surface area (Å²) < 4.78 is 0. The molecule has 0 amide bonds. The Bertz CT molecular complexity index is 736. The van der Waals surface area contributed by atoms with Crippen molar-refractivity contribution in [2.75, 3.05) is 13.1 Å².